The molecule has 1 saturated carbocycles. The van der Waals surface area contributed by atoms with Gasteiger partial charge in [0, 0.05) is 12.7 Å². The van der Waals surface area contributed by atoms with Crippen LogP contribution >= 0.6 is 0 Å². The summed E-state index contributed by atoms with van der Waals surface area (Å²) in [5.74, 6) is 1.06. The van der Waals surface area contributed by atoms with Gasteiger partial charge >= 0.3 is 0 Å². The zero-order valence-electron chi connectivity index (χ0n) is 11.6. The van der Waals surface area contributed by atoms with E-state index in [0.717, 1.165) is 36.2 Å². The van der Waals surface area contributed by atoms with Crippen molar-refractivity contribution in [2.45, 2.75) is 57.5 Å². The van der Waals surface area contributed by atoms with E-state index in [-0.39, 0.29) is 5.54 Å². The first-order chi connectivity index (χ1) is 9.24. The van der Waals surface area contributed by atoms with Crippen LogP contribution < -0.4 is 5.73 Å². The highest BCUT2D eigenvalue weighted by atomic mass is 15.1. The highest BCUT2D eigenvalue weighted by Gasteiger charge is 2.33. The lowest BCUT2D eigenvalue weighted by atomic mass is 9.90. The number of hydrogen-bond donors (Lipinski definition) is 1. The standard InChI is InChI=1S/C15H22N4/c1-2-19-13-7-10-17-11-12(13)18-14(19)15(16)8-5-3-4-6-9-15/h7,10-11H,2-6,8-9,16H2,1H3. The molecule has 2 aromatic rings. The van der Waals surface area contributed by atoms with Gasteiger partial charge in [-0.05, 0) is 25.8 Å². The van der Waals surface area contributed by atoms with E-state index < -0.39 is 0 Å². The molecular formula is C15H22N4. The minimum Gasteiger partial charge on any atom is -0.327 e. The highest BCUT2D eigenvalue weighted by Crippen LogP contribution is 2.34. The monoisotopic (exact) mass is 258 g/mol. The van der Waals surface area contributed by atoms with Crippen molar-refractivity contribution in [3.63, 3.8) is 0 Å². The van der Waals surface area contributed by atoms with E-state index in [2.05, 4.69) is 16.5 Å². The summed E-state index contributed by atoms with van der Waals surface area (Å²) in [7, 11) is 0. The summed E-state index contributed by atoms with van der Waals surface area (Å²) >= 11 is 0. The van der Waals surface area contributed by atoms with Gasteiger partial charge < -0.3 is 10.3 Å². The fraction of sp³-hybridized carbons (Fsp3) is 0.600. The molecule has 0 aromatic carbocycles. The number of pyridine rings is 1. The molecule has 102 valence electrons. The number of imidazole rings is 1. The number of hydrogen-bond acceptors (Lipinski definition) is 3. The van der Waals surface area contributed by atoms with E-state index in [1.165, 1.54) is 25.7 Å². The zero-order chi connectivity index (χ0) is 13.3. The molecule has 3 rings (SSSR count). The fourth-order valence-corrected chi connectivity index (χ4v) is 3.26. The number of aryl methyl sites for hydroxylation is 1. The van der Waals surface area contributed by atoms with Crippen molar-refractivity contribution in [1.29, 1.82) is 0 Å². The maximum Gasteiger partial charge on any atom is 0.130 e. The molecule has 4 nitrogen and oxygen atoms in total. The van der Waals surface area contributed by atoms with Crippen LogP contribution in [0.25, 0.3) is 11.0 Å². The van der Waals surface area contributed by atoms with Gasteiger partial charge in [0.1, 0.15) is 11.3 Å². The Kier molecular flexibility index (Phi) is 3.27. The molecule has 0 aliphatic heterocycles. The Balaban J connectivity index is 2.12. The SMILES string of the molecule is CCn1c(C2(N)CCCCCC2)nc2cnccc21. The molecule has 0 saturated heterocycles. The maximum absolute atomic E-state index is 6.72. The predicted octanol–water partition coefficient (Wildman–Crippen LogP) is 2.96. The molecule has 0 unspecified atom stereocenters. The van der Waals surface area contributed by atoms with E-state index in [1.807, 2.05) is 18.5 Å². The van der Waals surface area contributed by atoms with Crippen molar-refractivity contribution in [2.75, 3.05) is 0 Å². The first-order valence-electron chi connectivity index (χ1n) is 7.34. The quantitative estimate of drug-likeness (QED) is 0.842. The average molecular weight is 258 g/mol. The third-order valence-corrected chi connectivity index (χ3v) is 4.31. The van der Waals surface area contributed by atoms with E-state index in [9.17, 15) is 0 Å². The number of fused-ring (bicyclic) bond motifs is 1. The van der Waals surface area contributed by atoms with Gasteiger partial charge in [0.2, 0.25) is 0 Å². The predicted molar refractivity (Wildman–Crippen MR) is 76.8 cm³/mol. The van der Waals surface area contributed by atoms with Crippen molar-refractivity contribution in [3.8, 4) is 0 Å². The Labute approximate surface area is 114 Å². The zero-order valence-corrected chi connectivity index (χ0v) is 11.6. The van der Waals surface area contributed by atoms with Crippen molar-refractivity contribution in [3.05, 3.63) is 24.3 Å². The number of rotatable bonds is 2. The molecule has 2 N–H and O–H groups in total. The van der Waals surface area contributed by atoms with Crippen LogP contribution in [0.4, 0.5) is 0 Å². The molecule has 0 amide bonds. The third-order valence-electron chi connectivity index (χ3n) is 4.31. The lowest BCUT2D eigenvalue weighted by molar-refractivity contribution is 0.350. The Morgan fingerprint density at radius 2 is 2.00 bits per heavy atom. The van der Waals surface area contributed by atoms with E-state index in [1.54, 1.807) is 0 Å². The summed E-state index contributed by atoms with van der Waals surface area (Å²) < 4.78 is 2.27. The molecule has 2 heterocycles. The van der Waals surface area contributed by atoms with Crippen LogP contribution in [0.3, 0.4) is 0 Å². The van der Waals surface area contributed by atoms with Gasteiger partial charge in [-0.25, -0.2) is 4.98 Å². The minimum absolute atomic E-state index is 0.258. The fourth-order valence-electron chi connectivity index (χ4n) is 3.26. The minimum atomic E-state index is -0.258. The second-order valence-corrected chi connectivity index (χ2v) is 5.61. The van der Waals surface area contributed by atoms with Gasteiger partial charge in [0.05, 0.1) is 17.3 Å². The molecule has 4 heteroatoms. The normalized spacial score (nSPS) is 19.5. The maximum atomic E-state index is 6.72. The summed E-state index contributed by atoms with van der Waals surface area (Å²) in [5, 5.41) is 0. The molecule has 1 fully saturated rings. The van der Waals surface area contributed by atoms with Crippen LogP contribution in [0.15, 0.2) is 18.5 Å². The first kappa shape index (κ1) is 12.6. The number of aromatic nitrogens is 3. The molecule has 1 aliphatic rings. The Hall–Kier alpha value is -1.42. The van der Waals surface area contributed by atoms with Crippen LogP contribution in [0.1, 0.15) is 51.3 Å². The van der Waals surface area contributed by atoms with Gasteiger partial charge in [-0.3, -0.25) is 4.98 Å². The second-order valence-electron chi connectivity index (χ2n) is 5.61. The number of nitrogens with two attached hydrogens (primary N) is 1. The summed E-state index contributed by atoms with van der Waals surface area (Å²) in [6, 6.07) is 2.04. The summed E-state index contributed by atoms with van der Waals surface area (Å²) in [6.07, 6.45) is 10.8. The van der Waals surface area contributed by atoms with Gasteiger partial charge in [-0.2, -0.15) is 0 Å². The van der Waals surface area contributed by atoms with Gasteiger partial charge in [-0.1, -0.05) is 25.7 Å². The van der Waals surface area contributed by atoms with Crippen LogP contribution in [-0.2, 0) is 12.1 Å². The van der Waals surface area contributed by atoms with E-state index in [0.29, 0.717) is 0 Å². The highest BCUT2D eigenvalue weighted by molar-refractivity contribution is 5.75. The van der Waals surface area contributed by atoms with Crippen molar-refractivity contribution in [1.82, 2.24) is 14.5 Å². The first-order valence-corrected chi connectivity index (χ1v) is 7.34. The van der Waals surface area contributed by atoms with E-state index in [4.69, 9.17) is 10.7 Å². The van der Waals surface area contributed by atoms with Crippen molar-refractivity contribution < 1.29 is 0 Å². The Morgan fingerprint density at radius 1 is 1.26 bits per heavy atom. The largest absolute Gasteiger partial charge is 0.327 e. The molecule has 2 aromatic heterocycles. The lowest BCUT2D eigenvalue weighted by Gasteiger charge is -2.28. The van der Waals surface area contributed by atoms with Gasteiger partial charge in [0.15, 0.2) is 0 Å². The van der Waals surface area contributed by atoms with Crippen LogP contribution in [0.2, 0.25) is 0 Å². The smallest absolute Gasteiger partial charge is 0.130 e. The van der Waals surface area contributed by atoms with Crippen molar-refractivity contribution in [2.24, 2.45) is 5.73 Å². The van der Waals surface area contributed by atoms with E-state index >= 15 is 0 Å². The molecule has 0 bridgehead atoms. The average Bonchev–Trinajstić information content (AvgIpc) is 2.68. The van der Waals surface area contributed by atoms with Gasteiger partial charge in [-0.15, -0.1) is 0 Å². The Morgan fingerprint density at radius 3 is 2.68 bits per heavy atom. The molecular weight excluding hydrogens is 236 g/mol. The van der Waals surface area contributed by atoms with Crippen molar-refractivity contribution >= 4 is 11.0 Å². The molecule has 0 radical (unpaired) electrons. The molecule has 0 spiro atoms. The third kappa shape index (κ3) is 2.14. The summed E-state index contributed by atoms with van der Waals surface area (Å²) in [6.45, 7) is 3.07. The molecule has 19 heavy (non-hydrogen) atoms. The van der Waals surface area contributed by atoms with Crippen LogP contribution in [-0.4, -0.2) is 14.5 Å². The molecule has 0 atom stereocenters. The van der Waals surface area contributed by atoms with Crippen LogP contribution in [0.5, 0.6) is 0 Å². The topological polar surface area (TPSA) is 56.7 Å². The number of nitrogens with zero attached hydrogens (tertiary/aromatic N) is 3. The lowest BCUT2D eigenvalue weighted by Crippen LogP contribution is -2.39. The molecule has 1 aliphatic carbocycles. The second kappa shape index (κ2) is 4.93. The van der Waals surface area contributed by atoms with Crippen LogP contribution in [0, 0.1) is 0 Å². The van der Waals surface area contributed by atoms with Gasteiger partial charge in [0.25, 0.3) is 0 Å². The summed E-state index contributed by atoms with van der Waals surface area (Å²) in [5.41, 5.74) is 8.58. The summed E-state index contributed by atoms with van der Waals surface area (Å²) in [4.78, 5) is 8.97. The Bertz CT molecular complexity index is 565.